The summed E-state index contributed by atoms with van der Waals surface area (Å²) in [5.74, 6) is 0.786. The molecule has 0 aliphatic heterocycles. The Bertz CT molecular complexity index is 606. The van der Waals surface area contributed by atoms with E-state index in [2.05, 4.69) is 21.2 Å². The minimum absolute atomic E-state index is 0.00193. The molecule has 0 bridgehead atoms. The highest BCUT2D eigenvalue weighted by Gasteiger charge is 2.05. The SMILES string of the molecule is O=C(CSCc1ccc(F)cc1Br)NCc1ccccc1. The summed E-state index contributed by atoms with van der Waals surface area (Å²) in [5, 5.41) is 2.88. The van der Waals surface area contributed by atoms with Crippen molar-refractivity contribution in [2.75, 3.05) is 5.75 Å². The van der Waals surface area contributed by atoms with E-state index in [4.69, 9.17) is 0 Å². The third kappa shape index (κ3) is 5.52. The Balaban J connectivity index is 1.72. The van der Waals surface area contributed by atoms with Crippen molar-refractivity contribution < 1.29 is 9.18 Å². The largest absolute Gasteiger partial charge is 0.351 e. The first-order chi connectivity index (χ1) is 10.1. The summed E-state index contributed by atoms with van der Waals surface area (Å²) >= 11 is 4.83. The van der Waals surface area contributed by atoms with Crippen molar-refractivity contribution in [3.8, 4) is 0 Å². The topological polar surface area (TPSA) is 29.1 Å². The fraction of sp³-hybridized carbons (Fsp3) is 0.188. The lowest BCUT2D eigenvalue weighted by atomic mass is 10.2. The minimum Gasteiger partial charge on any atom is -0.351 e. The van der Waals surface area contributed by atoms with Crippen LogP contribution in [-0.4, -0.2) is 11.7 Å². The van der Waals surface area contributed by atoms with Crippen LogP contribution in [0.2, 0.25) is 0 Å². The molecule has 0 spiro atoms. The van der Waals surface area contributed by atoms with Gasteiger partial charge in [-0.1, -0.05) is 52.3 Å². The van der Waals surface area contributed by atoms with Crippen molar-refractivity contribution in [1.29, 1.82) is 0 Å². The number of benzene rings is 2. The summed E-state index contributed by atoms with van der Waals surface area (Å²) in [6.45, 7) is 0.542. The van der Waals surface area contributed by atoms with Crippen molar-refractivity contribution in [2.45, 2.75) is 12.3 Å². The van der Waals surface area contributed by atoms with Gasteiger partial charge in [-0.25, -0.2) is 4.39 Å². The zero-order chi connectivity index (χ0) is 15.1. The molecule has 0 aliphatic carbocycles. The van der Waals surface area contributed by atoms with Gasteiger partial charge in [0.05, 0.1) is 5.75 Å². The highest BCUT2D eigenvalue weighted by Crippen LogP contribution is 2.22. The Morgan fingerprint density at radius 2 is 1.95 bits per heavy atom. The Morgan fingerprint density at radius 1 is 1.19 bits per heavy atom. The number of amides is 1. The molecule has 2 aromatic rings. The molecule has 0 aliphatic rings. The van der Waals surface area contributed by atoms with Crippen molar-refractivity contribution in [2.24, 2.45) is 0 Å². The van der Waals surface area contributed by atoms with E-state index < -0.39 is 0 Å². The lowest BCUT2D eigenvalue weighted by Crippen LogP contribution is -2.24. The lowest BCUT2D eigenvalue weighted by Gasteiger charge is -2.06. The Labute approximate surface area is 136 Å². The second kappa shape index (κ2) is 8.20. The van der Waals surface area contributed by atoms with Crippen LogP contribution in [0.25, 0.3) is 0 Å². The first-order valence-electron chi connectivity index (χ1n) is 6.47. The molecule has 0 fully saturated rings. The van der Waals surface area contributed by atoms with Gasteiger partial charge in [-0.2, -0.15) is 0 Å². The number of hydrogen-bond acceptors (Lipinski definition) is 2. The van der Waals surface area contributed by atoms with Crippen LogP contribution in [-0.2, 0) is 17.1 Å². The third-order valence-corrected chi connectivity index (χ3v) is 4.56. The van der Waals surface area contributed by atoms with Crippen molar-refractivity contribution >= 4 is 33.6 Å². The fourth-order valence-electron chi connectivity index (χ4n) is 1.74. The van der Waals surface area contributed by atoms with Gasteiger partial charge < -0.3 is 5.32 Å². The van der Waals surface area contributed by atoms with Crippen LogP contribution in [0.15, 0.2) is 53.0 Å². The van der Waals surface area contributed by atoms with Gasteiger partial charge in [0.1, 0.15) is 5.82 Å². The first kappa shape index (κ1) is 16.0. The van der Waals surface area contributed by atoms with Crippen LogP contribution in [0.4, 0.5) is 4.39 Å². The average molecular weight is 368 g/mol. The van der Waals surface area contributed by atoms with Crippen LogP contribution in [0.5, 0.6) is 0 Å². The predicted octanol–water partition coefficient (Wildman–Crippen LogP) is 4.14. The molecule has 110 valence electrons. The molecule has 0 aromatic heterocycles. The highest BCUT2D eigenvalue weighted by atomic mass is 79.9. The Hall–Kier alpha value is -1.33. The molecule has 2 aromatic carbocycles. The van der Waals surface area contributed by atoms with Crippen LogP contribution >= 0.6 is 27.7 Å². The maximum absolute atomic E-state index is 13.0. The summed E-state index contributed by atoms with van der Waals surface area (Å²) in [6.07, 6.45) is 0. The van der Waals surface area contributed by atoms with Gasteiger partial charge in [0, 0.05) is 16.8 Å². The van der Waals surface area contributed by atoms with E-state index in [1.807, 2.05) is 30.3 Å². The molecule has 2 nitrogen and oxygen atoms in total. The van der Waals surface area contributed by atoms with E-state index in [1.165, 1.54) is 23.9 Å². The Morgan fingerprint density at radius 3 is 2.67 bits per heavy atom. The fourth-order valence-corrected chi connectivity index (χ4v) is 3.28. The van der Waals surface area contributed by atoms with Crippen LogP contribution in [0, 0.1) is 5.82 Å². The lowest BCUT2D eigenvalue weighted by molar-refractivity contribution is -0.118. The van der Waals surface area contributed by atoms with Crippen LogP contribution in [0.3, 0.4) is 0 Å². The molecule has 0 atom stereocenters. The standard InChI is InChI=1S/C16H15BrFNOS/c17-15-8-14(18)7-6-13(15)10-21-11-16(20)19-9-12-4-2-1-3-5-12/h1-8H,9-11H2,(H,19,20). The van der Waals surface area contributed by atoms with Gasteiger partial charge in [0.15, 0.2) is 0 Å². The zero-order valence-electron chi connectivity index (χ0n) is 11.3. The zero-order valence-corrected chi connectivity index (χ0v) is 13.7. The summed E-state index contributed by atoms with van der Waals surface area (Å²) in [5.41, 5.74) is 2.06. The smallest absolute Gasteiger partial charge is 0.230 e. The first-order valence-corrected chi connectivity index (χ1v) is 8.42. The summed E-state index contributed by atoms with van der Waals surface area (Å²) < 4.78 is 13.7. The molecule has 21 heavy (non-hydrogen) atoms. The van der Waals surface area contributed by atoms with E-state index in [0.717, 1.165) is 15.6 Å². The molecule has 0 saturated heterocycles. The van der Waals surface area contributed by atoms with Crippen LogP contribution in [0.1, 0.15) is 11.1 Å². The van der Waals surface area contributed by atoms with Gasteiger partial charge >= 0.3 is 0 Å². The van der Waals surface area contributed by atoms with E-state index in [1.54, 1.807) is 6.07 Å². The molecule has 0 heterocycles. The Kier molecular flexibility index (Phi) is 6.26. The maximum atomic E-state index is 13.0. The van der Waals surface area contributed by atoms with Crippen LogP contribution < -0.4 is 5.32 Å². The normalized spacial score (nSPS) is 10.4. The number of nitrogens with one attached hydrogen (secondary N) is 1. The van der Waals surface area contributed by atoms with Gasteiger partial charge in [0.2, 0.25) is 5.91 Å². The van der Waals surface area contributed by atoms with Gasteiger partial charge in [-0.05, 0) is 23.3 Å². The molecular formula is C16H15BrFNOS. The number of thioether (sulfide) groups is 1. The third-order valence-electron chi connectivity index (χ3n) is 2.84. The summed E-state index contributed by atoms with van der Waals surface area (Å²) in [4.78, 5) is 11.7. The maximum Gasteiger partial charge on any atom is 0.230 e. The molecule has 0 unspecified atom stereocenters. The van der Waals surface area contributed by atoms with Gasteiger partial charge in [-0.15, -0.1) is 11.8 Å². The molecule has 5 heteroatoms. The van der Waals surface area contributed by atoms with Crippen molar-refractivity contribution in [1.82, 2.24) is 5.32 Å². The average Bonchev–Trinajstić information content (AvgIpc) is 2.48. The van der Waals surface area contributed by atoms with E-state index in [-0.39, 0.29) is 11.7 Å². The second-order valence-corrected chi connectivity index (χ2v) is 6.33. The number of halogens is 2. The van der Waals surface area contributed by atoms with Gasteiger partial charge in [0.25, 0.3) is 0 Å². The summed E-state index contributed by atoms with van der Waals surface area (Å²) in [7, 11) is 0. The molecule has 2 rings (SSSR count). The molecule has 0 saturated carbocycles. The monoisotopic (exact) mass is 367 g/mol. The predicted molar refractivity (Wildman–Crippen MR) is 88.6 cm³/mol. The van der Waals surface area contributed by atoms with E-state index >= 15 is 0 Å². The molecular weight excluding hydrogens is 353 g/mol. The minimum atomic E-state index is -0.267. The molecule has 1 amide bonds. The number of carbonyl (C=O) groups excluding carboxylic acids is 1. The van der Waals surface area contributed by atoms with Crippen molar-refractivity contribution in [3.63, 3.8) is 0 Å². The van der Waals surface area contributed by atoms with E-state index in [9.17, 15) is 9.18 Å². The number of hydrogen-bond donors (Lipinski definition) is 1. The highest BCUT2D eigenvalue weighted by molar-refractivity contribution is 9.10. The van der Waals surface area contributed by atoms with Gasteiger partial charge in [-0.3, -0.25) is 4.79 Å². The number of carbonyl (C=O) groups is 1. The van der Waals surface area contributed by atoms with Crippen molar-refractivity contribution in [3.05, 3.63) is 69.9 Å². The van der Waals surface area contributed by atoms with E-state index in [0.29, 0.717) is 18.1 Å². The number of rotatable bonds is 6. The molecule has 1 N–H and O–H groups in total. The quantitative estimate of drug-likeness (QED) is 0.831. The molecule has 0 radical (unpaired) electrons. The summed E-state index contributed by atoms with van der Waals surface area (Å²) in [6, 6.07) is 14.4. The second-order valence-electron chi connectivity index (χ2n) is 4.49.